The van der Waals surface area contributed by atoms with Crippen LogP contribution in [0.15, 0.2) is 43.1 Å². The van der Waals surface area contributed by atoms with Gasteiger partial charge in [-0.2, -0.15) is 0 Å². The number of carbonyl (C=O) groups is 4. The Bertz CT molecular complexity index is 1770. The van der Waals surface area contributed by atoms with Crippen molar-refractivity contribution in [3.63, 3.8) is 0 Å². The molecule has 5 atom stereocenters. The molecule has 0 unspecified atom stereocenters. The first kappa shape index (κ1) is 36.3. The van der Waals surface area contributed by atoms with Crippen LogP contribution in [0.5, 0.6) is 5.88 Å². The average Bonchev–Trinajstić information content (AvgIpc) is 3.91. The highest BCUT2D eigenvalue weighted by Gasteiger charge is 2.62. The number of amides is 3. The van der Waals surface area contributed by atoms with E-state index in [-0.39, 0.29) is 25.8 Å². The SMILES string of the molecule is C=C[C@@H]1C[C@]1(NC(=O)[C@@H]1C[C@@H](Oc2nccc3cc(C)ccc23)CN1C(=O)[C@@H](CC(=O)OC(C)(C)C)C(C)(C)C)C(=O)NS(=O)(=O)C1CC1. The summed E-state index contributed by atoms with van der Waals surface area (Å²) in [7, 11) is -3.88. The number of aromatic nitrogens is 1. The molecule has 3 aliphatic rings. The Morgan fingerprint density at radius 2 is 1.82 bits per heavy atom. The monoisotopic (exact) mass is 696 g/mol. The van der Waals surface area contributed by atoms with Gasteiger partial charge in [-0.1, -0.05) is 44.5 Å². The van der Waals surface area contributed by atoms with E-state index in [4.69, 9.17) is 9.47 Å². The van der Waals surface area contributed by atoms with E-state index in [1.807, 2.05) is 52.0 Å². The van der Waals surface area contributed by atoms with Crippen molar-refractivity contribution in [2.24, 2.45) is 17.3 Å². The van der Waals surface area contributed by atoms with E-state index in [9.17, 15) is 27.6 Å². The number of carbonyl (C=O) groups excluding carboxylic acids is 4. The molecule has 3 amide bonds. The summed E-state index contributed by atoms with van der Waals surface area (Å²) in [5.41, 5.74) is -1.90. The predicted octanol–water partition coefficient (Wildman–Crippen LogP) is 3.95. The van der Waals surface area contributed by atoms with E-state index < -0.39 is 79.5 Å². The lowest BCUT2D eigenvalue weighted by Gasteiger charge is -2.35. The zero-order chi connectivity index (χ0) is 36.1. The van der Waals surface area contributed by atoms with Crippen molar-refractivity contribution in [1.82, 2.24) is 19.9 Å². The molecule has 1 aromatic carbocycles. The van der Waals surface area contributed by atoms with Crippen LogP contribution in [-0.2, 0) is 33.9 Å². The van der Waals surface area contributed by atoms with E-state index in [0.717, 1.165) is 16.3 Å². The molecule has 266 valence electrons. The van der Waals surface area contributed by atoms with Gasteiger partial charge < -0.3 is 19.7 Å². The molecule has 0 spiro atoms. The summed E-state index contributed by atoms with van der Waals surface area (Å²) in [4.78, 5) is 60.9. The highest BCUT2D eigenvalue weighted by molar-refractivity contribution is 7.91. The van der Waals surface area contributed by atoms with Gasteiger partial charge in [-0.05, 0) is 69.9 Å². The summed E-state index contributed by atoms with van der Waals surface area (Å²) in [6.07, 6.45) is 3.46. The number of sulfonamides is 1. The molecule has 2 aromatic rings. The minimum atomic E-state index is -3.88. The van der Waals surface area contributed by atoms with Gasteiger partial charge in [0.2, 0.25) is 27.7 Å². The maximum absolute atomic E-state index is 14.5. The lowest BCUT2D eigenvalue weighted by atomic mass is 9.77. The first-order valence-corrected chi connectivity index (χ1v) is 18.3. The van der Waals surface area contributed by atoms with Gasteiger partial charge in [0.05, 0.1) is 24.1 Å². The molecule has 1 aromatic heterocycles. The maximum atomic E-state index is 14.5. The lowest BCUT2D eigenvalue weighted by Crippen LogP contribution is -2.57. The van der Waals surface area contributed by atoms with Crippen LogP contribution in [0.3, 0.4) is 0 Å². The number of nitrogens with one attached hydrogen (secondary N) is 2. The van der Waals surface area contributed by atoms with Crippen LogP contribution in [-0.4, -0.2) is 77.1 Å². The molecule has 1 aliphatic heterocycles. The molecule has 3 fully saturated rings. The van der Waals surface area contributed by atoms with E-state index in [1.165, 1.54) is 11.0 Å². The molecule has 2 N–H and O–H groups in total. The van der Waals surface area contributed by atoms with Crippen molar-refractivity contribution < 1.29 is 37.1 Å². The van der Waals surface area contributed by atoms with Crippen LogP contribution in [0.25, 0.3) is 10.8 Å². The quantitative estimate of drug-likeness (QED) is 0.262. The zero-order valence-corrected chi connectivity index (χ0v) is 30.2. The smallest absolute Gasteiger partial charge is 0.307 e. The maximum Gasteiger partial charge on any atom is 0.307 e. The number of hydrogen-bond acceptors (Lipinski definition) is 9. The van der Waals surface area contributed by atoms with Gasteiger partial charge >= 0.3 is 5.97 Å². The summed E-state index contributed by atoms with van der Waals surface area (Å²) in [5, 5.41) is 3.87. The third-order valence-corrected chi connectivity index (χ3v) is 11.2. The summed E-state index contributed by atoms with van der Waals surface area (Å²) >= 11 is 0. The van der Waals surface area contributed by atoms with Crippen LogP contribution in [0.4, 0.5) is 0 Å². The molecule has 13 heteroatoms. The highest BCUT2D eigenvalue weighted by Crippen LogP contribution is 2.46. The van der Waals surface area contributed by atoms with E-state index in [1.54, 1.807) is 27.0 Å². The van der Waals surface area contributed by atoms with Gasteiger partial charge in [-0.15, -0.1) is 6.58 Å². The van der Waals surface area contributed by atoms with Crippen LogP contribution in [0.1, 0.15) is 79.2 Å². The van der Waals surface area contributed by atoms with E-state index >= 15 is 0 Å². The summed E-state index contributed by atoms with van der Waals surface area (Å²) in [6.45, 7) is 16.6. The molecular formula is C36H48N4O8S. The van der Waals surface area contributed by atoms with Crippen LogP contribution in [0.2, 0.25) is 0 Å². The molecule has 5 rings (SSSR count). The van der Waals surface area contributed by atoms with Crippen molar-refractivity contribution in [2.45, 2.75) is 109 Å². The lowest BCUT2D eigenvalue weighted by molar-refractivity contribution is -0.161. The number of nitrogens with zero attached hydrogens (tertiary/aromatic N) is 2. The van der Waals surface area contributed by atoms with Crippen molar-refractivity contribution in [1.29, 1.82) is 0 Å². The topological polar surface area (TPSA) is 161 Å². The van der Waals surface area contributed by atoms with Gasteiger partial charge in [0.1, 0.15) is 23.3 Å². The number of likely N-dealkylation sites (tertiary alicyclic amines) is 1. The van der Waals surface area contributed by atoms with Gasteiger partial charge in [-0.25, -0.2) is 13.4 Å². The fraction of sp³-hybridized carbons (Fsp3) is 0.583. The van der Waals surface area contributed by atoms with Crippen molar-refractivity contribution in [2.75, 3.05) is 6.54 Å². The van der Waals surface area contributed by atoms with Crippen molar-refractivity contribution in [3.05, 3.63) is 48.7 Å². The molecule has 12 nitrogen and oxygen atoms in total. The molecule has 2 aliphatic carbocycles. The third-order valence-electron chi connectivity index (χ3n) is 9.39. The number of aryl methyl sites for hydroxylation is 1. The normalized spacial score (nSPS) is 24.6. The number of hydrogen-bond donors (Lipinski definition) is 2. The van der Waals surface area contributed by atoms with Crippen molar-refractivity contribution >= 4 is 44.5 Å². The number of pyridine rings is 1. The summed E-state index contributed by atoms with van der Waals surface area (Å²) in [5.74, 6) is -3.42. The minimum absolute atomic E-state index is 0.0158. The predicted molar refractivity (Wildman–Crippen MR) is 184 cm³/mol. The Labute approximate surface area is 288 Å². The molecule has 0 bridgehead atoms. The molecule has 49 heavy (non-hydrogen) atoms. The Hall–Kier alpha value is -4.00. The Kier molecular flexibility index (Phi) is 9.65. The molecule has 2 heterocycles. The number of benzene rings is 1. The number of rotatable bonds is 11. The Morgan fingerprint density at radius 3 is 2.41 bits per heavy atom. The molecule has 2 saturated carbocycles. The fourth-order valence-electron chi connectivity index (χ4n) is 6.43. The van der Waals surface area contributed by atoms with Gasteiger partial charge in [-0.3, -0.25) is 23.9 Å². The molecule has 1 saturated heterocycles. The first-order chi connectivity index (χ1) is 22.7. The van der Waals surface area contributed by atoms with Crippen LogP contribution < -0.4 is 14.8 Å². The van der Waals surface area contributed by atoms with Crippen LogP contribution >= 0.6 is 0 Å². The second-order valence-corrected chi connectivity index (χ2v) is 17.7. The standard InChI is InChI=1S/C36H48N4O8S/c1-9-23-19-36(23,33(44)39-49(45,46)25-11-12-25)38-30(42)28-17-24(47-31-26-13-10-21(2)16-22(26)14-15-37-31)20-40(28)32(43)27(34(3,4)5)18-29(41)48-35(6,7)8/h9-10,13-16,23-25,27-28H,1,11-12,17-20H2,2-8H3,(H,38,42)(H,39,44)/t23-,24-,27-,28+,36-/m1/s1. The molecule has 0 radical (unpaired) electrons. The summed E-state index contributed by atoms with van der Waals surface area (Å²) in [6, 6.07) is 6.65. The van der Waals surface area contributed by atoms with Gasteiger partial charge in [0.15, 0.2) is 0 Å². The highest BCUT2D eigenvalue weighted by atomic mass is 32.2. The minimum Gasteiger partial charge on any atom is -0.472 e. The zero-order valence-electron chi connectivity index (χ0n) is 29.4. The Morgan fingerprint density at radius 1 is 1.12 bits per heavy atom. The molecular weight excluding hydrogens is 648 g/mol. The fourth-order valence-corrected chi connectivity index (χ4v) is 7.79. The second kappa shape index (κ2) is 13.0. The van der Waals surface area contributed by atoms with Gasteiger partial charge in [0, 0.05) is 23.9 Å². The largest absolute Gasteiger partial charge is 0.472 e. The first-order valence-electron chi connectivity index (χ1n) is 16.8. The number of fused-ring (bicyclic) bond motifs is 1. The third kappa shape index (κ3) is 8.08. The average molecular weight is 697 g/mol. The Balaban J connectivity index is 1.44. The van der Waals surface area contributed by atoms with E-state index in [2.05, 4.69) is 21.6 Å². The second-order valence-electron chi connectivity index (χ2n) is 15.7. The van der Waals surface area contributed by atoms with Gasteiger partial charge in [0.25, 0.3) is 5.91 Å². The van der Waals surface area contributed by atoms with Crippen molar-refractivity contribution in [3.8, 4) is 5.88 Å². The number of ether oxygens (including phenoxy) is 2. The summed E-state index contributed by atoms with van der Waals surface area (Å²) < 4.78 is 39.4. The van der Waals surface area contributed by atoms with Crippen LogP contribution in [0, 0.1) is 24.2 Å². The number of esters is 1. The van der Waals surface area contributed by atoms with E-state index in [0.29, 0.717) is 18.7 Å².